The number of aromatic nitrogens is 1. The van der Waals surface area contributed by atoms with E-state index in [4.69, 9.17) is 0 Å². The second kappa shape index (κ2) is 10.8. The molecule has 0 saturated carbocycles. The van der Waals surface area contributed by atoms with Crippen LogP contribution in [0.3, 0.4) is 0 Å². The average Bonchev–Trinajstić information content (AvgIpc) is 3.37. The standard InChI is InChI=1S/C25H26N4O2S/c30-24(18-32-21-8-2-1-3-9-21)28-20-10-11-23(29-13-4-5-14-29)22(15-20)25(31)27-17-19-7-6-12-26-16-19/h1-3,6-12,15-16H,4-5,13-14,17-18H2,(H,27,31)(H,28,30). The number of nitrogens with one attached hydrogen (secondary N) is 2. The first-order chi connectivity index (χ1) is 15.7. The SMILES string of the molecule is O=C(CSc1ccccc1)Nc1ccc(N2CCCC2)c(C(=O)NCc2cccnc2)c1. The third-order valence-corrected chi connectivity index (χ3v) is 6.27. The van der Waals surface area contributed by atoms with Gasteiger partial charge in [-0.2, -0.15) is 0 Å². The van der Waals surface area contributed by atoms with Crippen molar-refractivity contribution >= 4 is 35.0 Å². The zero-order valence-electron chi connectivity index (χ0n) is 17.8. The average molecular weight is 447 g/mol. The van der Waals surface area contributed by atoms with Gasteiger partial charge < -0.3 is 15.5 Å². The number of hydrogen-bond donors (Lipinski definition) is 2. The van der Waals surface area contributed by atoms with Gasteiger partial charge in [0.2, 0.25) is 5.91 Å². The fraction of sp³-hybridized carbons (Fsp3) is 0.240. The van der Waals surface area contributed by atoms with Gasteiger partial charge in [-0.25, -0.2) is 0 Å². The van der Waals surface area contributed by atoms with Crippen molar-refractivity contribution in [3.8, 4) is 0 Å². The van der Waals surface area contributed by atoms with Crippen LogP contribution in [0.1, 0.15) is 28.8 Å². The van der Waals surface area contributed by atoms with Gasteiger partial charge in [0, 0.05) is 48.3 Å². The van der Waals surface area contributed by atoms with Crippen LogP contribution in [0.15, 0.2) is 78.0 Å². The quantitative estimate of drug-likeness (QED) is 0.504. The molecular weight excluding hydrogens is 420 g/mol. The van der Waals surface area contributed by atoms with Crippen molar-refractivity contribution in [1.82, 2.24) is 10.3 Å². The molecule has 1 aliphatic rings. The summed E-state index contributed by atoms with van der Waals surface area (Å²) in [5.41, 5.74) is 3.04. The van der Waals surface area contributed by atoms with Crippen molar-refractivity contribution in [3.05, 3.63) is 84.2 Å². The summed E-state index contributed by atoms with van der Waals surface area (Å²) in [6.07, 6.45) is 5.68. The molecule has 0 unspecified atom stereocenters. The Morgan fingerprint density at radius 2 is 1.81 bits per heavy atom. The molecule has 2 amide bonds. The Hall–Kier alpha value is -3.32. The maximum Gasteiger partial charge on any atom is 0.253 e. The molecule has 32 heavy (non-hydrogen) atoms. The number of carbonyl (C=O) groups is 2. The van der Waals surface area contributed by atoms with Gasteiger partial charge in [0.1, 0.15) is 0 Å². The van der Waals surface area contributed by atoms with Crippen LogP contribution in [0.4, 0.5) is 11.4 Å². The highest BCUT2D eigenvalue weighted by molar-refractivity contribution is 8.00. The molecule has 2 N–H and O–H groups in total. The third-order valence-electron chi connectivity index (χ3n) is 5.26. The second-order valence-corrected chi connectivity index (χ2v) is 8.67. The van der Waals surface area contributed by atoms with E-state index in [2.05, 4.69) is 20.5 Å². The molecule has 0 aliphatic carbocycles. The third kappa shape index (κ3) is 5.88. The maximum absolute atomic E-state index is 13.1. The summed E-state index contributed by atoms with van der Waals surface area (Å²) in [6.45, 7) is 2.26. The second-order valence-electron chi connectivity index (χ2n) is 7.62. The Balaban J connectivity index is 1.46. The highest BCUT2D eigenvalue weighted by Gasteiger charge is 2.20. The molecule has 1 aliphatic heterocycles. The smallest absolute Gasteiger partial charge is 0.253 e. The number of rotatable bonds is 8. The first-order valence-corrected chi connectivity index (χ1v) is 11.7. The number of pyridine rings is 1. The molecule has 0 bridgehead atoms. The Kier molecular flexibility index (Phi) is 7.40. The van der Waals surface area contributed by atoms with E-state index in [1.165, 1.54) is 11.8 Å². The van der Waals surface area contributed by atoms with Crippen LogP contribution >= 0.6 is 11.8 Å². The van der Waals surface area contributed by atoms with Crippen molar-refractivity contribution in [3.63, 3.8) is 0 Å². The minimum Gasteiger partial charge on any atom is -0.371 e. The molecule has 0 spiro atoms. The van der Waals surface area contributed by atoms with E-state index in [1.807, 2.05) is 54.6 Å². The first kappa shape index (κ1) is 21.9. The zero-order chi connectivity index (χ0) is 22.2. The molecule has 4 rings (SSSR count). The van der Waals surface area contributed by atoms with E-state index >= 15 is 0 Å². The molecule has 2 heterocycles. The van der Waals surface area contributed by atoms with Gasteiger partial charge in [0.05, 0.1) is 11.3 Å². The predicted molar refractivity (Wildman–Crippen MR) is 129 cm³/mol. The van der Waals surface area contributed by atoms with Crippen LogP contribution < -0.4 is 15.5 Å². The molecule has 0 radical (unpaired) electrons. The topological polar surface area (TPSA) is 74.3 Å². The lowest BCUT2D eigenvalue weighted by Gasteiger charge is -2.22. The maximum atomic E-state index is 13.1. The monoisotopic (exact) mass is 446 g/mol. The van der Waals surface area contributed by atoms with E-state index in [0.717, 1.165) is 42.1 Å². The van der Waals surface area contributed by atoms with Gasteiger partial charge in [-0.1, -0.05) is 24.3 Å². The van der Waals surface area contributed by atoms with Crippen molar-refractivity contribution < 1.29 is 9.59 Å². The summed E-state index contributed by atoms with van der Waals surface area (Å²) in [5.74, 6) is 0.0421. The van der Waals surface area contributed by atoms with Crippen LogP contribution in [0.2, 0.25) is 0 Å². The summed E-state index contributed by atoms with van der Waals surface area (Å²) in [6, 6.07) is 19.2. The molecule has 7 heteroatoms. The number of amides is 2. The molecule has 2 aromatic carbocycles. The fourth-order valence-electron chi connectivity index (χ4n) is 3.67. The van der Waals surface area contributed by atoms with E-state index in [-0.39, 0.29) is 11.8 Å². The number of thioether (sulfide) groups is 1. The molecule has 6 nitrogen and oxygen atoms in total. The molecule has 1 fully saturated rings. The lowest BCUT2D eigenvalue weighted by Crippen LogP contribution is -2.27. The van der Waals surface area contributed by atoms with Crippen molar-refractivity contribution in [2.45, 2.75) is 24.3 Å². The lowest BCUT2D eigenvalue weighted by molar-refractivity contribution is -0.113. The fourth-order valence-corrected chi connectivity index (χ4v) is 4.39. The van der Waals surface area contributed by atoms with E-state index < -0.39 is 0 Å². The summed E-state index contributed by atoms with van der Waals surface area (Å²) < 4.78 is 0. The summed E-state index contributed by atoms with van der Waals surface area (Å²) in [7, 11) is 0. The number of benzene rings is 2. The highest BCUT2D eigenvalue weighted by Crippen LogP contribution is 2.28. The van der Waals surface area contributed by atoms with E-state index in [1.54, 1.807) is 18.5 Å². The van der Waals surface area contributed by atoms with Gasteiger partial charge in [-0.05, 0) is 54.8 Å². The van der Waals surface area contributed by atoms with E-state index in [9.17, 15) is 9.59 Å². The molecule has 1 saturated heterocycles. The van der Waals surface area contributed by atoms with Crippen molar-refractivity contribution in [1.29, 1.82) is 0 Å². The van der Waals surface area contributed by atoms with Crippen LogP contribution in [0, 0.1) is 0 Å². The Labute approximate surface area is 192 Å². The molecule has 0 atom stereocenters. The van der Waals surface area contributed by atoms with Gasteiger partial charge in [-0.15, -0.1) is 11.8 Å². The molecule has 164 valence electrons. The number of nitrogens with zero attached hydrogens (tertiary/aromatic N) is 2. The lowest BCUT2D eigenvalue weighted by atomic mass is 10.1. The number of carbonyl (C=O) groups excluding carboxylic acids is 2. The first-order valence-electron chi connectivity index (χ1n) is 10.7. The van der Waals surface area contributed by atoms with Crippen molar-refractivity contribution in [2.24, 2.45) is 0 Å². The van der Waals surface area contributed by atoms with Gasteiger partial charge in [0.15, 0.2) is 0 Å². The van der Waals surface area contributed by atoms with Gasteiger partial charge >= 0.3 is 0 Å². The van der Waals surface area contributed by atoms with Crippen LogP contribution in [-0.2, 0) is 11.3 Å². The van der Waals surface area contributed by atoms with Crippen molar-refractivity contribution in [2.75, 3.05) is 29.1 Å². The Morgan fingerprint density at radius 1 is 1.00 bits per heavy atom. The highest BCUT2D eigenvalue weighted by atomic mass is 32.2. The summed E-state index contributed by atoms with van der Waals surface area (Å²) >= 11 is 1.48. The summed E-state index contributed by atoms with van der Waals surface area (Å²) in [5, 5.41) is 5.91. The molecular formula is C25H26N4O2S. The normalized spacial score (nSPS) is 13.1. The van der Waals surface area contributed by atoms with Crippen LogP contribution in [0.5, 0.6) is 0 Å². The molecule has 3 aromatic rings. The zero-order valence-corrected chi connectivity index (χ0v) is 18.6. The van der Waals surface area contributed by atoms with Gasteiger partial charge in [-0.3, -0.25) is 14.6 Å². The van der Waals surface area contributed by atoms with E-state index in [0.29, 0.717) is 23.5 Å². The van der Waals surface area contributed by atoms with Crippen LogP contribution in [0.25, 0.3) is 0 Å². The predicted octanol–water partition coefficient (Wildman–Crippen LogP) is 4.34. The van der Waals surface area contributed by atoms with Gasteiger partial charge in [0.25, 0.3) is 5.91 Å². The minimum absolute atomic E-state index is 0.102. The van der Waals surface area contributed by atoms with Crippen LogP contribution in [-0.4, -0.2) is 35.6 Å². The minimum atomic E-state index is -0.162. The molecule has 1 aromatic heterocycles. The number of hydrogen-bond acceptors (Lipinski definition) is 5. The summed E-state index contributed by atoms with van der Waals surface area (Å²) in [4.78, 5) is 32.9. The largest absolute Gasteiger partial charge is 0.371 e. The number of anilines is 2. The Bertz CT molecular complexity index is 1050. The Morgan fingerprint density at radius 3 is 2.56 bits per heavy atom.